The van der Waals surface area contributed by atoms with Crippen LogP contribution in [0.15, 0.2) is 30.6 Å². The molecule has 8 heteroatoms. The van der Waals surface area contributed by atoms with Gasteiger partial charge >= 0.3 is 0 Å². The Morgan fingerprint density at radius 2 is 2.03 bits per heavy atom. The number of nitrogens with zero attached hydrogens (tertiary/aromatic N) is 3. The second kappa shape index (κ2) is 9.06. The van der Waals surface area contributed by atoms with E-state index in [1.807, 2.05) is 32.0 Å². The summed E-state index contributed by atoms with van der Waals surface area (Å²) in [7, 11) is 0. The summed E-state index contributed by atoms with van der Waals surface area (Å²) in [5.41, 5.74) is 3.86. The average molecular weight is 440 g/mol. The summed E-state index contributed by atoms with van der Waals surface area (Å²) in [4.78, 5) is 29.2. The Hall–Kier alpha value is -2.93. The normalized spacial score (nSPS) is 14.7. The van der Waals surface area contributed by atoms with Crippen LogP contribution in [0.1, 0.15) is 54.1 Å². The van der Waals surface area contributed by atoms with Gasteiger partial charge in [0.1, 0.15) is 5.78 Å². The van der Waals surface area contributed by atoms with Gasteiger partial charge in [0.25, 0.3) is 5.91 Å². The van der Waals surface area contributed by atoms with E-state index in [2.05, 4.69) is 20.7 Å². The van der Waals surface area contributed by atoms with Crippen LogP contribution in [0.2, 0.25) is 5.02 Å². The zero-order valence-electron chi connectivity index (χ0n) is 17.7. The lowest BCUT2D eigenvalue weighted by molar-refractivity contribution is -0.120. The molecule has 0 atom stereocenters. The topological polar surface area (TPSA) is 88.9 Å². The minimum Gasteiger partial charge on any atom is -0.381 e. The maximum atomic E-state index is 13.1. The molecular weight excluding hydrogens is 414 g/mol. The number of pyridine rings is 1. The quantitative estimate of drug-likeness (QED) is 0.598. The third-order valence-corrected chi connectivity index (χ3v) is 6.20. The van der Waals surface area contributed by atoms with Crippen molar-refractivity contribution >= 4 is 40.0 Å². The summed E-state index contributed by atoms with van der Waals surface area (Å²) in [6.45, 7) is 5.00. The van der Waals surface area contributed by atoms with Gasteiger partial charge < -0.3 is 10.6 Å². The SMILES string of the molecule is CCn1ncc2c(NC3CCC(=O)CC3)c(C(=O)NCc3ccc(C)c(Cl)c3)cnc21. The number of anilines is 1. The highest BCUT2D eigenvalue weighted by Crippen LogP contribution is 2.29. The van der Waals surface area contributed by atoms with Gasteiger partial charge in [0.2, 0.25) is 0 Å². The largest absolute Gasteiger partial charge is 0.381 e. The van der Waals surface area contributed by atoms with Gasteiger partial charge in [-0.2, -0.15) is 5.10 Å². The Bertz CT molecular complexity index is 1130. The zero-order chi connectivity index (χ0) is 22.0. The highest BCUT2D eigenvalue weighted by molar-refractivity contribution is 6.31. The Morgan fingerprint density at radius 1 is 1.26 bits per heavy atom. The van der Waals surface area contributed by atoms with Gasteiger partial charge in [-0.25, -0.2) is 9.67 Å². The second-order valence-electron chi connectivity index (χ2n) is 7.97. The predicted molar refractivity (Wildman–Crippen MR) is 121 cm³/mol. The minimum atomic E-state index is -0.218. The molecule has 1 aliphatic carbocycles. The van der Waals surface area contributed by atoms with Gasteiger partial charge in [0.05, 0.1) is 22.8 Å². The van der Waals surface area contributed by atoms with E-state index in [1.165, 1.54) is 0 Å². The van der Waals surface area contributed by atoms with E-state index in [1.54, 1.807) is 17.1 Å². The first kappa shape index (κ1) is 21.3. The molecule has 1 saturated carbocycles. The number of aromatic nitrogens is 3. The van der Waals surface area contributed by atoms with Crippen LogP contribution in [0.25, 0.3) is 11.0 Å². The third kappa shape index (κ3) is 4.56. The van der Waals surface area contributed by atoms with Gasteiger partial charge in [0, 0.05) is 43.2 Å². The maximum Gasteiger partial charge on any atom is 0.255 e. The summed E-state index contributed by atoms with van der Waals surface area (Å²) in [5.74, 6) is 0.0798. The summed E-state index contributed by atoms with van der Waals surface area (Å²) in [6.07, 6.45) is 6.00. The fourth-order valence-electron chi connectivity index (χ4n) is 3.90. The number of carbonyl (C=O) groups is 2. The van der Waals surface area contributed by atoms with E-state index >= 15 is 0 Å². The Balaban J connectivity index is 1.61. The van der Waals surface area contributed by atoms with Crippen LogP contribution in [-0.2, 0) is 17.9 Å². The molecule has 7 nitrogen and oxygen atoms in total. The standard InChI is InChI=1S/C23H26ClN5O2/c1-3-29-22-18(13-27-29)21(28-16-6-8-17(30)9-7-16)19(12-25-22)23(31)26-11-15-5-4-14(2)20(24)10-15/h4-5,10,12-13,16H,3,6-9,11H2,1-2H3,(H,25,28)(H,26,31). The van der Waals surface area contributed by atoms with Crippen molar-refractivity contribution in [2.45, 2.75) is 58.7 Å². The van der Waals surface area contributed by atoms with Crippen molar-refractivity contribution in [3.8, 4) is 0 Å². The molecule has 3 aromatic rings. The smallest absolute Gasteiger partial charge is 0.255 e. The van der Waals surface area contributed by atoms with Crippen LogP contribution < -0.4 is 10.6 Å². The molecule has 2 aromatic heterocycles. The number of amides is 1. The number of hydrogen-bond acceptors (Lipinski definition) is 5. The van der Waals surface area contributed by atoms with Gasteiger partial charge in [0.15, 0.2) is 5.65 Å². The van der Waals surface area contributed by atoms with Crippen molar-refractivity contribution in [1.82, 2.24) is 20.1 Å². The van der Waals surface area contributed by atoms with Gasteiger partial charge in [-0.05, 0) is 43.9 Å². The van der Waals surface area contributed by atoms with Crippen molar-refractivity contribution in [3.63, 3.8) is 0 Å². The summed E-state index contributed by atoms with van der Waals surface area (Å²) in [6, 6.07) is 5.89. The molecule has 0 spiro atoms. The number of hydrogen-bond donors (Lipinski definition) is 2. The zero-order valence-corrected chi connectivity index (χ0v) is 18.5. The highest BCUT2D eigenvalue weighted by atomic mass is 35.5. The predicted octanol–water partition coefficient (Wildman–Crippen LogP) is 4.27. The van der Waals surface area contributed by atoms with Crippen molar-refractivity contribution in [2.24, 2.45) is 0 Å². The first-order chi connectivity index (χ1) is 15.0. The lowest BCUT2D eigenvalue weighted by Crippen LogP contribution is -2.29. The number of aryl methyl sites for hydroxylation is 2. The molecule has 31 heavy (non-hydrogen) atoms. The minimum absolute atomic E-state index is 0.135. The van der Waals surface area contributed by atoms with Crippen LogP contribution in [0.5, 0.6) is 0 Å². The molecule has 2 heterocycles. The Morgan fingerprint density at radius 3 is 2.74 bits per heavy atom. The first-order valence-electron chi connectivity index (χ1n) is 10.6. The van der Waals surface area contributed by atoms with Crippen molar-refractivity contribution in [2.75, 3.05) is 5.32 Å². The van der Waals surface area contributed by atoms with Crippen LogP contribution >= 0.6 is 11.6 Å². The first-order valence-corrected chi connectivity index (χ1v) is 11.0. The van der Waals surface area contributed by atoms with E-state index in [4.69, 9.17) is 11.6 Å². The van der Waals surface area contributed by atoms with E-state index in [9.17, 15) is 9.59 Å². The molecular formula is C23H26ClN5O2. The number of ketones is 1. The van der Waals surface area contributed by atoms with E-state index in [0.717, 1.165) is 40.7 Å². The van der Waals surface area contributed by atoms with E-state index in [0.29, 0.717) is 42.3 Å². The molecule has 4 rings (SSSR count). The van der Waals surface area contributed by atoms with Gasteiger partial charge in [-0.1, -0.05) is 23.7 Å². The summed E-state index contributed by atoms with van der Waals surface area (Å²) in [5, 5.41) is 12.4. The monoisotopic (exact) mass is 439 g/mol. The molecule has 162 valence electrons. The third-order valence-electron chi connectivity index (χ3n) is 5.79. The number of rotatable bonds is 6. The van der Waals surface area contributed by atoms with Crippen LogP contribution in [0.4, 0.5) is 5.69 Å². The van der Waals surface area contributed by atoms with Crippen molar-refractivity contribution < 1.29 is 9.59 Å². The van der Waals surface area contributed by atoms with Gasteiger partial charge in [-0.15, -0.1) is 0 Å². The average Bonchev–Trinajstić information content (AvgIpc) is 3.20. The molecule has 1 amide bonds. The molecule has 1 aliphatic rings. The molecule has 0 saturated heterocycles. The molecule has 1 fully saturated rings. The molecule has 2 N–H and O–H groups in total. The van der Waals surface area contributed by atoms with Crippen molar-refractivity contribution in [1.29, 1.82) is 0 Å². The number of nitrogens with one attached hydrogen (secondary N) is 2. The number of fused-ring (bicyclic) bond motifs is 1. The lowest BCUT2D eigenvalue weighted by Gasteiger charge is -2.24. The second-order valence-corrected chi connectivity index (χ2v) is 8.38. The highest BCUT2D eigenvalue weighted by Gasteiger charge is 2.23. The number of Topliss-reactive ketones (excluding diaryl/α,β-unsaturated/α-hetero) is 1. The van der Waals surface area contributed by atoms with Crippen molar-refractivity contribution in [3.05, 3.63) is 52.3 Å². The number of halogens is 1. The Labute approximate surface area is 186 Å². The van der Waals surface area contributed by atoms with E-state index in [-0.39, 0.29) is 11.9 Å². The molecule has 0 unspecified atom stereocenters. The number of benzene rings is 1. The number of carbonyl (C=O) groups excluding carboxylic acids is 2. The molecule has 0 radical (unpaired) electrons. The summed E-state index contributed by atoms with van der Waals surface area (Å²) >= 11 is 6.21. The molecule has 0 aliphatic heterocycles. The fraction of sp³-hybridized carbons (Fsp3) is 0.391. The van der Waals surface area contributed by atoms with Gasteiger partial charge in [-0.3, -0.25) is 9.59 Å². The van der Waals surface area contributed by atoms with Crippen LogP contribution in [-0.4, -0.2) is 32.5 Å². The van der Waals surface area contributed by atoms with E-state index < -0.39 is 0 Å². The van der Waals surface area contributed by atoms with Crippen LogP contribution in [0.3, 0.4) is 0 Å². The lowest BCUT2D eigenvalue weighted by atomic mass is 9.94. The molecule has 0 bridgehead atoms. The summed E-state index contributed by atoms with van der Waals surface area (Å²) < 4.78 is 1.81. The van der Waals surface area contributed by atoms with Crippen LogP contribution in [0, 0.1) is 6.92 Å². The molecule has 1 aromatic carbocycles. The Kier molecular flexibility index (Phi) is 6.23. The fourth-order valence-corrected chi connectivity index (χ4v) is 4.10. The maximum absolute atomic E-state index is 13.1.